The molecular formula is C87H100ClN19O16S. The molecule has 3 fully saturated rings. The van der Waals surface area contributed by atoms with Gasteiger partial charge in [0.2, 0.25) is 34.7 Å². The van der Waals surface area contributed by atoms with E-state index in [4.69, 9.17) is 79.7 Å². The molecule has 3 aliphatic rings. The number of para-hydroxylation sites is 3. The number of hydrogen-bond donors (Lipinski definition) is 6. The minimum absolute atomic E-state index is 0.145. The maximum Gasteiger partial charge on any atom is 0.313 e. The molecule has 0 unspecified atom stereocenters. The summed E-state index contributed by atoms with van der Waals surface area (Å²) in [6, 6.07) is 41.9. The minimum Gasteiger partial charge on any atom is -0.494 e. The minimum atomic E-state index is -3.67. The number of aryl methyl sites for hydroxylation is 3. The summed E-state index contributed by atoms with van der Waals surface area (Å²) in [6.45, 7) is 21.1. The quantitative estimate of drug-likeness (QED) is 0.00662. The molecule has 0 saturated carbocycles. The van der Waals surface area contributed by atoms with Crippen LogP contribution in [0.3, 0.4) is 0 Å². The molecule has 3 aliphatic heterocycles. The van der Waals surface area contributed by atoms with Gasteiger partial charge in [-0.1, -0.05) is 67.8 Å². The number of allylic oxidation sites excluding steroid dienone is 1. The van der Waals surface area contributed by atoms with Gasteiger partial charge in [-0.15, -0.1) is 0 Å². The first-order valence-corrected chi connectivity index (χ1v) is 41.4. The summed E-state index contributed by atoms with van der Waals surface area (Å²) < 4.78 is 82.9. The van der Waals surface area contributed by atoms with E-state index in [0.29, 0.717) is 121 Å². The number of nitrogens with two attached hydrogens (primary N) is 1. The maximum atomic E-state index is 12.2. The van der Waals surface area contributed by atoms with Gasteiger partial charge in [-0.2, -0.15) is 13.7 Å². The molecule has 0 atom stereocenters. The highest BCUT2D eigenvalue weighted by atomic mass is 35.5. The predicted molar refractivity (Wildman–Crippen MR) is 479 cm³/mol. The smallest absolute Gasteiger partial charge is 0.313 e. The second-order valence-corrected chi connectivity index (χ2v) is 29.5. The highest BCUT2D eigenvalue weighted by molar-refractivity contribution is 7.85. The van der Waals surface area contributed by atoms with Gasteiger partial charge < -0.3 is 83.3 Å². The normalized spacial score (nSPS) is 13.3. The van der Waals surface area contributed by atoms with Crippen molar-refractivity contribution in [2.24, 2.45) is 21.1 Å². The molecule has 6 aromatic heterocycles. The Labute approximate surface area is 722 Å². The summed E-state index contributed by atoms with van der Waals surface area (Å²) in [5.41, 5.74) is 17.5. The van der Waals surface area contributed by atoms with Crippen LogP contribution < -0.4 is 55.4 Å². The monoisotopic (exact) mass is 1730 g/mol. The number of nitrogen functional groups attached to an aromatic ring is 1. The lowest BCUT2D eigenvalue weighted by atomic mass is 10.1. The molecule has 0 aliphatic carbocycles. The number of methoxy groups -OCH3 is 3. The Bertz CT molecular complexity index is 5800. The van der Waals surface area contributed by atoms with Gasteiger partial charge in [0.25, 0.3) is 10.1 Å². The van der Waals surface area contributed by atoms with Crippen molar-refractivity contribution >= 4 is 118 Å². The van der Waals surface area contributed by atoms with Gasteiger partial charge in [0, 0.05) is 198 Å². The van der Waals surface area contributed by atoms with E-state index in [1.165, 1.54) is 32.2 Å². The lowest BCUT2D eigenvalue weighted by Crippen LogP contribution is -2.38. The van der Waals surface area contributed by atoms with Gasteiger partial charge in [-0.3, -0.25) is 39.0 Å². The summed E-state index contributed by atoms with van der Waals surface area (Å²) >= 11 is 4.71. The highest BCUT2D eigenvalue weighted by Gasteiger charge is 2.25. The molecule has 0 bridgehead atoms. The lowest BCUT2D eigenvalue weighted by molar-refractivity contribution is -0.385. The number of morpholine rings is 3. The number of nitro groups is 1. The summed E-state index contributed by atoms with van der Waals surface area (Å²) in [4.78, 5) is 67.2. The summed E-state index contributed by atoms with van der Waals surface area (Å²) in [6.07, 6.45) is 14.2. The van der Waals surface area contributed by atoms with E-state index < -0.39 is 20.3 Å². The van der Waals surface area contributed by atoms with Gasteiger partial charge in [-0.05, 0) is 72.3 Å². The Balaban J connectivity index is 0.000000181. The predicted octanol–water partition coefficient (Wildman–Crippen LogP) is 12.9. The number of benzene rings is 6. The van der Waals surface area contributed by atoms with Crippen LogP contribution in [0.25, 0.3) is 66.5 Å². The van der Waals surface area contributed by atoms with Gasteiger partial charge in [-0.25, -0.2) is 29.9 Å². The number of amides is 1. The molecule has 124 heavy (non-hydrogen) atoms. The van der Waals surface area contributed by atoms with Crippen LogP contribution >= 0.6 is 11.6 Å². The van der Waals surface area contributed by atoms with Crippen LogP contribution in [0.1, 0.15) is 6.92 Å². The Morgan fingerprint density at radius 3 is 1.22 bits per heavy atom. The molecular weight excluding hydrogens is 1630 g/mol. The van der Waals surface area contributed by atoms with Gasteiger partial charge in [0.05, 0.1) is 124 Å². The van der Waals surface area contributed by atoms with Crippen LogP contribution in [0, 0.1) is 21.4 Å². The van der Waals surface area contributed by atoms with Crippen LogP contribution in [0.2, 0.25) is 0 Å². The van der Waals surface area contributed by atoms with Crippen LogP contribution in [0.4, 0.5) is 52.0 Å². The van der Waals surface area contributed by atoms with Crippen molar-refractivity contribution in [3.8, 4) is 74.3 Å². The molecule has 12 aromatic rings. The molecule has 35 nitrogen and oxygen atoms in total. The topological polar surface area (TPSA) is 414 Å². The fourth-order valence-electron chi connectivity index (χ4n) is 13.3. The van der Waals surface area contributed by atoms with Crippen molar-refractivity contribution in [3.63, 3.8) is 0 Å². The molecule has 1 amide bonds. The molecule has 6 aromatic carbocycles. The SMILES string of the molecule is C=CC(=O)Cl.C=CC(=O)Nc1cc(Nc2nccc(-c3cn(C)c4ccccc34)n2)c(OC)cc1OCCN1CCOCC1.CC#N.COc1cc(OCCN2CCOCC2)c(N)cc1Nc1nccc(-c2cn(C)c3ccccc23)n1.COc1cc(OCCN2CCOCC2)c([N+](=O)[O-])cc1Nc1nccc(-c2cn(C)c3ccccc23)n1.CS(=O)(=O)O. The molecule has 7 N–H and O–H groups in total. The molecule has 9 heterocycles. The number of ether oxygens (including phenoxy) is 9. The number of nitriles is 1. The van der Waals surface area contributed by atoms with Crippen LogP contribution in [-0.2, 0) is 55.1 Å². The fourth-order valence-corrected chi connectivity index (χ4v) is 13.3. The third kappa shape index (κ3) is 26.6. The number of carbonyl (C=O) groups is 2. The Morgan fingerprint density at radius 2 is 0.871 bits per heavy atom. The van der Waals surface area contributed by atoms with Crippen molar-refractivity contribution in [1.82, 2.24) is 58.3 Å². The van der Waals surface area contributed by atoms with Crippen molar-refractivity contribution in [2.75, 3.05) is 173 Å². The summed E-state index contributed by atoms with van der Waals surface area (Å²) in [5, 5.41) is 34.4. The molecule has 652 valence electrons. The van der Waals surface area contributed by atoms with Gasteiger partial charge in [0.15, 0.2) is 0 Å². The Hall–Kier alpha value is -13.4. The number of halogens is 1. The average molecular weight is 1740 g/mol. The fraction of sp³-hybridized carbons (Fsp3) is 0.299. The van der Waals surface area contributed by atoms with E-state index in [9.17, 15) is 28.1 Å². The van der Waals surface area contributed by atoms with E-state index in [0.717, 1.165) is 151 Å². The number of anilines is 8. The first-order chi connectivity index (χ1) is 59.9. The van der Waals surface area contributed by atoms with E-state index in [-0.39, 0.29) is 17.3 Å². The first-order valence-electron chi connectivity index (χ1n) is 39.2. The maximum absolute atomic E-state index is 12.2. The van der Waals surface area contributed by atoms with Crippen LogP contribution in [-0.4, -0.2) is 233 Å². The number of carbonyl (C=O) groups excluding carboxylic acids is 2. The summed E-state index contributed by atoms with van der Waals surface area (Å²) in [5.74, 6) is 3.51. The molecule has 0 spiro atoms. The third-order valence-electron chi connectivity index (χ3n) is 19.2. The standard InChI is InChI=1S/C29H32N6O4.C26H28N6O5.C26H30N6O3.C3H3ClO.C2H3N.CH4O3S/c1-4-28(36)31-24-17-23(26(37-3)18-27(24)39-16-13-35-11-14-38-15-12-35)33-29-30-10-9-22(32-29)21-19-34(2)25-8-6-5-7-20(21)25;1-30-17-19(18-5-3-4-6-22(18)30)20-7-8-27-26(28-20)29-21-15-23(32(33)34)25(16-24(21)35-2)37-14-11-31-9-12-36-13-10-31;1-31-17-19(18-5-3-4-6-23(18)31)21-7-8-28-26(29-21)30-22-15-20(27)24(16-25(22)33-2)35-14-11-32-9-12-34-13-10-32;1-2-3(4)5;1-2-3;1-5(2,3)4/h4-10,17-19H,1,11-16H2,2-3H3,(H,31,36)(H,30,32,33);3-8,15-17H,9-14H2,1-2H3,(H,27,28,29);3-8,15-17H,9-14,27H2,1-2H3,(H,28,29,30);2H,1H2;1H3;1H3,(H,2,3,4). The van der Waals surface area contributed by atoms with E-state index in [2.05, 4.69) is 115 Å². The number of nitrogens with zero attached hydrogens (tertiary/aromatic N) is 14. The van der Waals surface area contributed by atoms with Crippen molar-refractivity contribution in [2.45, 2.75) is 6.92 Å². The van der Waals surface area contributed by atoms with E-state index in [1.807, 2.05) is 98.6 Å². The largest absolute Gasteiger partial charge is 0.494 e. The Kier molecular flexibility index (Phi) is 34.5. The number of nitro benzene ring substituents is 1. The highest BCUT2D eigenvalue weighted by Crippen LogP contribution is 2.42. The van der Waals surface area contributed by atoms with Crippen LogP contribution in [0.15, 0.2) is 190 Å². The number of fused-ring (bicyclic) bond motifs is 3. The first kappa shape index (κ1) is 92.9. The summed E-state index contributed by atoms with van der Waals surface area (Å²) in [7, 11) is 7.05. The van der Waals surface area contributed by atoms with Crippen LogP contribution in [0.5, 0.6) is 34.5 Å². The number of aromatic nitrogens is 9. The zero-order valence-electron chi connectivity index (χ0n) is 70.1. The molecule has 15 rings (SSSR count). The van der Waals surface area contributed by atoms with E-state index in [1.54, 1.807) is 63.1 Å². The molecule has 37 heteroatoms. The zero-order chi connectivity index (χ0) is 88.7. The lowest BCUT2D eigenvalue weighted by Gasteiger charge is -2.26. The van der Waals surface area contributed by atoms with Gasteiger partial charge in [0.1, 0.15) is 48.6 Å². The van der Waals surface area contributed by atoms with Gasteiger partial charge >= 0.3 is 5.69 Å². The van der Waals surface area contributed by atoms with Crippen molar-refractivity contribution in [3.05, 3.63) is 200 Å². The number of nitrogens with one attached hydrogen (secondary N) is 4. The average Bonchev–Trinajstić information content (AvgIpc) is 1.59. The van der Waals surface area contributed by atoms with E-state index >= 15 is 0 Å². The second-order valence-electron chi connectivity index (χ2n) is 27.7. The number of hydrogen-bond acceptors (Lipinski definition) is 29. The Morgan fingerprint density at radius 1 is 0.548 bits per heavy atom. The molecule has 3 saturated heterocycles. The third-order valence-corrected chi connectivity index (χ3v) is 19.4. The second kappa shape index (κ2) is 46.1. The number of rotatable bonds is 28. The van der Waals surface area contributed by atoms with Crippen molar-refractivity contribution in [1.29, 1.82) is 5.26 Å². The van der Waals surface area contributed by atoms with Crippen molar-refractivity contribution < 1.29 is 70.1 Å². The molecule has 0 radical (unpaired) electrons. The zero-order valence-corrected chi connectivity index (χ0v) is 71.7.